The summed E-state index contributed by atoms with van der Waals surface area (Å²) in [5.74, 6) is -0.320. The predicted molar refractivity (Wildman–Crippen MR) is 33.0 cm³/mol. The van der Waals surface area contributed by atoms with Gasteiger partial charge in [-0.05, 0) is 6.42 Å². The second-order valence-electron chi connectivity index (χ2n) is 1.69. The van der Waals surface area contributed by atoms with Crippen LogP contribution < -0.4 is 0 Å². The highest BCUT2D eigenvalue weighted by Gasteiger charge is 1.97. The van der Waals surface area contributed by atoms with E-state index in [1.54, 1.807) is 0 Å². The van der Waals surface area contributed by atoms with Crippen LogP contribution in [0.3, 0.4) is 0 Å². The third kappa shape index (κ3) is 5.30. The minimum Gasteiger partial charge on any atom is -0.466 e. The second kappa shape index (κ2) is 5.56. The molecule has 0 rings (SSSR count). The van der Waals surface area contributed by atoms with Gasteiger partial charge in [0.15, 0.2) is 0 Å². The average Bonchev–Trinajstić information content (AvgIpc) is 1.85. The number of aliphatic hydroxyl groups is 1. The lowest BCUT2D eigenvalue weighted by atomic mass is 10.4. The van der Waals surface area contributed by atoms with Gasteiger partial charge in [0.2, 0.25) is 0 Å². The minimum atomic E-state index is -0.320. The van der Waals surface area contributed by atoms with E-state index in [1.807, 2.05) is 6.92 Å². The molecule has 0 heterocycles. The molecule has 0 saturated heterocycles. The molecule has 0 fully saturated rings. The molecular weight excluding hydrogens is 120 g/mol. The lowest BCUT2D eigenvalue weighted by molar-refractivity contribution is -0.144. The van der Waals surface area contributed by atoms with Crippen LogP contribution in [0, 0.1) is 0 Å². The molecule has 0 aliphatic heterocycles. The van der Waals surface area contributed by atoms with Crippen molar-refractivity contribution in [2.24, 2.45) is 0 Å². The zero-order valence-corrected chi connectivity index (χ0v) is 5.59. The summed E-state index contributed by atoms with van der Waals surface area (Å²) in [5.41, 5.74) is 0. The molecule has 54 valence electrons. The molecule has 0 radical (unpaired) electrons. The average molecular weight is 132 g/mol. The molecule has 3 nitrogen and oxygen atoms in total. The number of ether oxygens (including phenoxy) is 1. The fourth-order valence-electron chi connectivity index (χ4n) is 0.379. The van der Waals surface area contributed by atoms with E-state index in [9.17, 15) is 4.79 Å². The Labute approximate surface area is 54.6 Å². The topological polar surface area (TPSA) is 46.5 Å². The molecule has 0 aromatic rings. The van der Waals surface area contributed by atoms with Crippen molar-refractivity contribution < 1.29 is 14.6 Å². The normalized spacial score (nSPS) is 9.11. The number of rotatable bonds is 4. The molecule has 0 aromatic carbocycles. The van der Waals surface area contributed by atoms with Gasteiger partial charge in [0.1, 0.15) is 0 Å². The SMILES string of the molecule is CCCOC(=O)CCO. The molecular formula is C6H12O3. The summed E-state index contributed by atoms with van der Waals surface area (Å²) in [6.07, 6.45) is 0.942. The van der Waals surface area contributed by atoms with Gasteiger partial charge in [-0.3, -0.25) is 4.79 Å². The molecule has 0 amide bonds. The molecule has 1 N–H and O–H groups in total. The Morgan fingerprint density at radius 3 is 2.78 bits per heavy atom. The first-order chi connectivity index (χ1) is 4.31. The third-order valence-electron chi connectivity index (χ3n) is 0.783. The highest BCUT2D eigenvalue weighted by atomic mass is 16.5. The summed E-state index contributed by atoms with van der Waals surface area (Å²) in [7, 11) is 0. The predicted octanol–water partition coefficient (Wildman–Crippen LogP) is 0.322. The summed E-state index contributed by atoms with van der Waals surface area (Å²) >= 11 is 0. The first kappa shape index (κ1) is 8.43. The van der Waals surface area contributed by atoms with E-state index in [1.165, 1.54) is 0 Å². The van der Waals surface area contributed by atoms with Crippen molar-refractivity contribution in [2.75, 3.05) is 13.2 Å². The van der Waals surface area contributed by atoms with Crippen molar-refractivity contribution in [2.45, 2.75) is 19.8 Å². The van der Waals surface area contributed by atoms with E-state index < -0.39 is 0 Å². The Hall–Kier alpha value is -0.570. The van der Waals surface area contributed by atoms with Crippen LogP contribution in [0.4, 0.5) is 0 Å². The van der Waals surface area contributed by atoms with Gasteiger partial charge in [0.25, 0.3) is 0 Å². The van der Waals surface area contributed by atoms with Gasteiger partial charge in [-0.1, -0.05) is 6.92 Å². The highest BCUT2D eigenvalue weighted by Crippen LogP contribution is 1.85. The van der Waals surface area contributed by atoms with E-state index in [-0.39, 0.29) is 19.0 Å². The van der Waals surface area contributed by atoms with Crippen LogP contribution >= 0.6 is 0 Å². The molecule has 0 spiro atoms. The number of carbonyl (C=O) groups is 1. The minimum absolute atomic E-state index is 0.111. The van der Waals surface area contributed by atoms with Gasteiger partial charge in [0, 0.05) is 0 Å². The van der Waals surface area contributed by atoms with E-state index in [2.05, 4.69) is 4.74 Å². The first-order valence-electron chi connectivity index (χ1n) is 3.07. The first-order valence-corrected chi connectivity index (χ1v) is 3.07. The van der Waals surface area contributed by atoms with Crippen LogP contribution in [-0.2, 0) is 9.53 Å². The maximum absolute atomic E-state index is 10.4. The van der Waals surface area contributed by atoms with Gasteiger partial charge in [0.05, 0.1) is 19.6 Å². The Balaban J connectivity index is 3.06. The zero-order chi connectivity index (χ0) is 7.11. The summed E-state index contributed by atoms with van der Waals surface area (Å²) in [5, 5.41) is 8.24. The summed E-state index contributed by atoms with van der Waals surface area (Å²) < 4.78 is 4.63. The van der Waals surface area contributed by atoms with E-state index >= 15 is 0 Å². The van der Waals surface area contributed by atoms with Gasteiger partial charge < -0.3 is 9.84 Å². The monoisotopic (exact) mass is 132 g/mol. The van der Waals surface area contributed by atoms with E-state index in [4.69, 9.17) is 5.11 Å². The molecule has 9 heavy (non-hydrogen) atoms. The van der Waals surface area contributed by atoms with Gasteiger partial charge in [-0.15, -0.1) is 0 Å². The summed E-state index contributed by atoms with van der Waals surface area (Å²) in [6.45, 7) is 2.26. The van der Waals surface area contributed by atoms with Gasteiger partial charge >= 0.3 is 5.97 Å². The van der Waals surface area contributed by atoms with Crippen LogP contribution in [-0.4, -0.2) is 24.3 Å². The highest BCUT2D eigenvalue weighted by molar-refractivity contribution is 5.69. The molecule has 0 aliphatic carbocycles. The maximum Gasteiger partial charge on any atom is 0.308 e. The molecule has 0 unspecified atom stereocenters. The molecule has 0 aromatic heterocycles. The Bertz CT molecular complexity index is 80.4. The Morgan fingerprint density at radius 2 is 2.33 bits per heavy atom. The lowest BCUT2D eigenvalue weighted by Gasteiger charge is -1.98. The van der Waals surface area contributed by atoms with Crippen molar-refractivity contribution in [3.8, 4) is 0 Å². The summed E-state index contributed by atoms with van der Waals surface area (Å²) in [6, 6.07) is 0. The molecule has 0 aliphatic rings. The second-order valence-corrected chi connectivity index (χ2v) is 1.69. The van der Waals surface area contributed by atoms with Crippen LogP contribution in [0.1, 0.15) is 19.8 Å². The smallest absolute Gasteiger partial charge is 0.308 e. The van der Waals surface area contributed by atoms with Crippen LogP contribution in [0.25, 0.3) is 0 Å². The fourth-order valence-corrected chi connectivity index (χ4v) is 0.379. The standard InChI is InChI=1S/C6H12O3/c1-2-5-9-6(8)3-4-7/h7H,2-5H2,1H3. The van der Waals surface area contributed by atoms with E-state index in [0.29, 0.717) is 6.61 Å². The number of hydrogen-bond donors (Lipinski definition) is 1. The van der Waals surface area contributed by atoms with Crippen molar-refractivity contribution in [1.29, 1.82) is 0 Å². The van der Waals surface area contributed by atoms with Crippen molar-refractivity contribution in [1.82, 2.24) is 0 Å². The third-order valence-corrected chi connectivity index (χ3v) is 0.783. The molecule has 0 bridgehead atoms. The van der Waals surface area contributed by atoms with Crippen LogP contribution in [0.15, 0.2) is 0 Å². The zero-order valence-electron chi connectivity index (χ0n) is 5.59. The number of aliphatic hydroxyl groups excluding tert-OH is 1. The fraction of sp³-hybridized carbons (Fsp3) is 0.833. The number of carbonyl (C=O) groups excluding carboxylic acids is 1. The summed E-state index contributed by atoms with van der Waals surface area (Å²) in [4.78, 5) is 10.4. The van der Waals surface area contributed by atoms with Crippen molar-refractivity contribution in [3.05, 3.63) is 0 Å². The van der Waals surface area contributed by atoms with Gasteiger partial charge in [-0.2, -0.15) is 0 Å². The Kier molecular flexibility index (Phi) is 5.21. The molecule has 0 atom stereocenters. The lowest BCUT2D eigenvalue weighted by Crippen LogP contribution is -2.06. The van der Waals surface area contributed by atoms with Gasteiger partial charge in [-0.25, -0.2) is 0 Å². The maximum atomic E-state index is 10.4. The quantitative estimate of drug-likeness (QED) is 0.560. The number of esters is 1. The van der Waals surface area contributed by atoms with E-state index in [0.717, 1.165) is 6.42 Å². The Morgan fingerprint density at radius 1 is 1.67 bits per heavy atom. The largest absolute Gasteiger partial charge is 0.466 e. The van der Waals surface area contributed by atoms with Crippen molar-refractivity contribution >= 4 is 5.97 Å². The number of hydrogen-bond acceptors (Lipinski definition) is 3. The molecule has 3 heteroatoms. The van der Waals surface area contributed by atoms with Crippen LogP contribution in [0.5, 0.6) is 0 Å². The van der Waals surface area contributed by atoms with Crippen LogP contribution in [0.2, 0.25) is 0 Å². The molecule has 0 saturated carbocycles. The van der Waals surface area contributed by atoms with Crippen molar-refractivity contribution in [3.63, 3.8) is 0 Å².